The van der Waals surface area contributed by atoms with Crippen LogP contribution in [-0.2, 0) is 7.05 Å². The highest BCUT2D eigenvalue weighted by Gasteiger charge is 2.19. The summed E-state index contributed by atoms with van der Waals surface area (Å²) in [6, 6.07) is 11.2. The summed E-state index contributed by atoms with van der Waals surface area (Å²) in [4.78, 5) is 4.79. The summed E-state index contributed by atoms with van der Waals surface area (Å²) in [5.74, 6) is 0.878. The first-order valence-electron chi connectivity index (χ1n) is 12.1. The summed E-state index contributed by atoms with van der Waals surface area (Å²) in [5, 5.41) is 8.47. The molecule has 0 unspecified atom stereocenters. The summed E-state index contributed by atoms with van der Waals surface area (Å²) in [6.07, 6.45) is 10.7. The Morgan fingerprint density at radius 2 is 1.86 bits per heavy atom. The van der Waals surface area contributed by atoms with E-state index < -0.39 is 0 Å². The second kappa shape index (κ2) is 10.8. The molecule has 184 valence electrons. The molecular formula is C29H36ClN4O+. The van der Waals surface area contributed by atoms with E-state index in [9.17, 15) is 0 Å². The first-order chi connectivity index (χ1) is 16.5. The first-order valence-corrected chi connectivity index (χ1v) is 12.5. The predicted octanol–water partition coefficient (Wildman–Crippen LogP) is 6.54. The summed E-state index contributed by atoms with van der Waals surface area (Å²) >= 11 is 6.69. The number of rotatable bonds is 6. The van der Waals surface area contributed by atoms with Crippen molar-refractivity contribution in [2.45, 2.75) is 53.0 Å². The topological polar surface area (TPSA) is 53.8 Å². The standard InChI is InChI=1S/C28H31ClN4O.CH4/c1-18-10-19(2)12-20(11-18)25-16-31-27-14-26(29)23(21-15-32-33(3)17-21)13-24(27)28(25)34-9-7-22-6-4-5-8-30-22;/h10-17,22,30H,4-9H2,1-3H3;1H4/p+1/t22-;/m1./s1. The molecule has 2 aromatic heterocycles. The Balaban J connectivity index is 0.00000289. The van der Waals surface area contributed by atoms with E-state index in [1.807, 2.05) is 36.4 Å². The van der Waals surface area contributed by atoms with Gasteiger partial charge in [0, 0.05) is 28.8 Å². The fourth-order valence-electron chi connectivity index (χ4n) is 4.98. The largest absolute Gasteiger partial charge is 0.492 e. The van der Waals surface area contributed by atoms with Gasteiger partial charge in [-0.1, -0.05) is 54.8 Å². The molecule has 1 aliphatic rings. The molecule has 5 nitrogen and oxygen atoms in total. The molecule has 2 N–H and O–H groups in total. The second-order valence-corrected chi connectivity index (χ2v) is 9.89. The normalized spacial score (nSPS) is 15.7. The van der Waals surface area contributed by atoms with Gasteiger partial charge >= 0.3 is 0 Å². The lowest BCUT2D eigenvalue weighted by Gasteiger charge is -2.24. The van der Waals surface area contributed by atoms with Gasteiger partial charge in [-0.2, -0.15) is 5.10 Å². The monoisotopic (exact) mass is 491 g/mol. The number of fused-ring (bicyclic) bond motifs is 1. The average Bonchev–Trinajstić information content (AvgIpc) is 3.24. The Morgan fingerprint density at radius 3 is 2.54 bits per heavy atom. The molecule has 0 radical (unpaired) electrons. The number of aryl methyl sites for hydroxylation is 3. The fourth-order valence-corrected chi connectivity index (χ4v) is 5.24. The summed E-state index contributed by atoms with van der Waals surface area (Å²) in [6.45, 7) is 6.02. The van der Waals surface area contributed by atoms with Gasteiger partial charge in [0.25, 0.3) is 0 Å². The van der Waals surface area contributed by atoms with E-state index >= 15 is 0 Å². The highest BCUT2D eigenvalue weighted by Crippen LogP contribution is 2.40. The minimum absolute atomic E-state index is 0. The van der Waals surface area contributed by atoms with Gasteiger partial charge in [-0.25, -0.2) is 0 Å². The number of ether oxygens (including phenoxy) is 1. The molecule has 4 aromatic rings. The van der Waals surface area contributed by atoms with E-state index in [1.165, 1.54) is 30.4 Å². The van der Waals surface area contributed by atoms with Gasteiger partial charge in [-0.3, -0.25) is 4.98 Å². The summed E-state index contributed by atoms with van der Waals surface area (Å²) in [7, 11) is 1.96. The van der Waals surface area contributed by atoms with E-state index in [1.54, 1.807) is 0 Å². The van der Waals surface area contributed by atoms with E-state index in [4.69, 9.17) is 21.3 Å². The Bertz CT molecular complexity index is 1300. The van der Waals surface area contributed by atoms with Crippen LogP contribution in [0, 0.1) is 13.8 Å². The van der Waals surface area contributed by atoms with Crippen LogP contribution in [0.4, 0.5) is 0 Å². The molecule has 0 amide bonds. The van der Waals surface area contributed by atoms with E-state index in [0.29, 0.717) is 17.7 Å². The number of H-pyrrole nitrogens is 1. The van der Waals surface area contributed by atoms with Crippen LogP contribution in [0.3, 0.4) is 0 Å². The van der Waals surface area contributed by atoms with Gasteiger partial charge in [0.15, 0.2) is 7.05 Å². The first kappa shape index (κ1) is 25.2. The van der Waals surface area contributed by atoms with Gasteiger partial charge in [0.1, 0.15) is 5.75 Å². The van der Waals surface area contributed by atoms with Gasteiger partial charge in [-0.05, 0) is 57.4 Å². The Kier molecular flexibility index (Phi) is 7.78. The molecule has 1 fully saturated rings. The fraction of sp³-hybridized carbons (Fsp3) is 0.379. The van der Waals surface area contributed by atoms with Crippen LogP contribution in [0.1, 0.15) is 44.2 Å². The SMILES string of the molecule is C.Cc1cc(C)cc(-c2cnc3cc(Cl)c(-c4c[nH][n+](C)c4)cc3c2OCC[C@H]2CCCCN2)c1. The molecule has 6 heteroatoms. The molecule has 1 saturated heterocycles. The molecule has 3 heterocycles. The number of aromatic nitrogens is 3. The van der Waals surface area contributed by atoms with Crippen molar-refractivity contribution in [3.05, 3.63) is 65.1 Å². The average molecular weight is 492 g/mol. The number of hydrogen-bond donors (Lipinski definition) is 2. The number of aromatic amines is 1. The lowest BCUT2D eigenvalue weighted by molar-refractivity contribution is -0.726. The minimum Gasteiger partial charge on any atom is -0.492 e. The van der Waals surface area contributed by atoms with E-state index in [-0.39, 0.29) is 7.43 Å². The van der Waals surface area contributed by atoms with Crippen LogP contribution in [0.5, 0.6) is 5.75 Å². The maximum atomic E-state index is 6.69. The van der Waals surface area contributed by atoms with Crippen molar-refractivity contribution in [1.29, 1.82) is 0 Å². The van der Waals surface area contributed by atoms with Crippen LogP contribution >= 0.6 is 11.6 Å². The number of nitrogens with zero attached hydrogens (tertiary/aromatic N) is 2. The Morgan fingerprint density at radius 1 is 1.06 bits per heavy atom. The van der Waals surface area contributed by atoms with E-state index in [0.717, 1.165) is 51.9 Å². The van der Waals surface area contributed by atoms with Crippen molar-refractivity contribution in [3.63, 3.8) is 0 Å². The number of nitrogens with one attached hydrogen (secondary N) is 2. The van der Waals surface area contributed by atoms with Crippen molar-refractivity contribution in [3.8, 4) is 28.0 Å². The second-order valence-electron chi connectivity index (χ2n) is 9.48. The Hall–Kier alpha value is -2.89. The van der Waals surface area contributed by atoms with E-state index in [2.05, 4.69) is 48.5 Å². The number of halogens is 1. The zero-order valence-corrected chi connectivity index (χ0v) is 20.9. The minimum atomic E-state index is 0. The molecule has 1 atom stereocenters. The molecule has 5 rings (SSSR count). The molecule has 0 bridgehead atoms. The molecule has 0 aliphatic carbocycles. The third kappa shape index (κ3) is 5.52. The van der Waals surface area contributed by atoms with Crippen LogP contribution in [0.15, 0.2) is 48.9 Å². The third-order valence-electron chi connectivity index (χ3n) is 6.63. The van der Waals surface area contributed by atoms with Gasteiger partial charge in [-0.15, -0.1) is 4.68 Å². The zero-order chi connectivity index (χ0) is 23.7. The number of hydrogen-bond acceptors (Lipinski definition) is 3. The van der Waals surface area contributed by atoms with Crippen LogP contribution < -0.4 is 14.7 Å². The highest BCUT2D eigenvalue weighted by molar-refractivity contribution is 6.34. The van der Waals surface area contributed by atoms with Gasteiger partial charge in [0.05, 0.1) is 28.9 Å². The summed E-state index contributed by atoms with van der Waals surface area (Å²) < 4.78 is 8.50. The predicted molar refractivity (Wildman–Crippen MR) is 145 cm³/mol. The lowest BCUT2D eigenvalue weighted by Crippen LogP contribution is -2.35. The lowest BCUT2D eigenvalue weighted by atomic mass is 9.98. The van der Waals surface area contributed by atoms with Crippen molar-refractivity contribution < 1.29 is 9.42 Å². The summed E-state index contributed by atoms with van der Waals surface area (Å²) in [5.41, 5.74) is 7.43. The van der Waals surface area contributed by atoms with Crippen molar-refractivity contribution in [2.24, 2.45) is 7.05 Å². The Labute approximate surface area is 213 Å². The quantitative estimate of drug-likeness (QED) is 0.301. The third-order valence-corrected chi connectivity index (χ3v) is 6.95. The van der Waals surface area contributed by atoms with Crippen molar-refractivity contribution in [1.82, 2.24) is 15.4 Å². The van der Waals surface area contributed by atoms with Crippen LogP contribution in [0.25, 0.3) is 33.2 Å². The molecular weight excluding hydrogens is 456 g/mol. The number of pyridine rings is 1. The smallest absolute Gasteiger partial charge is 0.202 e. The maximum absolute atomic E-state index is 6.69. The van der Waals surface area contributed by atoms with Crippen LogP contribution in [-0.4, -0.2) is 29.3 Å². The van der Waals surface area contributed by atoms with Crippen molar-refractivity contribution >= 4 is 22.5 Å². The molecule has 2 aromatic carbocycles. The number of piperidine rings is 1. The van der Waals surface area contributed by atoms with Gasteiger partial charge < -0.3 is 10.1 Å². The van der Waals surface area contributed by atoms with Crippen molar-refractivity contribution in [2.75, 3.05) is 13.2 Å². The highest BCUT2D eigenvalue weighted by atomic mass is 35.5. The number of benzene rings is 2. The maximum Gasteiger partial charge on any atom is 0.202 e. The molecule has 35 heavy (non-hydrogen) atoms. The van der Waals surface area contributed by atoms with Gasteiger partial charge in [0.2, 0.25) is 6.20 Å². The molecule has 0 saturated carbocycles. The molecule has 1 aliphatic heterocycles. The zero-order valence-electron chi connectivity index (χ0n) is 20.1. The molecule has 0 spiro atoms. The van der Waals surface area contributed by atoms with Crippen LogP contribution in [0.2, 0.25) is 5.02 Å².